The molecule has 0 fully saturated rings. The Balaban J connectivity index is 2.23. The van der Waals surface area contributed by atoms with E-state index in [4.69, 9.17) is 9.68 Å². The van der Waals surface area contributed by atoms with Gasteiger partial charge in [-0.25, -0.2) is 0 Å². The summed E-state index contributed by atoms with van der Waals surface area (Å²) in [5, 5.41) is 8.54. The van der Waals surface area contributed by atoms with Gasteiger partial charge in [0.15, 0.2) is 0 Å². The van der Waals surface area contributed by atoms with Crippen LogP contribution in [0.3, 0.4) is 0 Å². The summed E-state index contributed by atoms with van der Waals surface area (Å²) >= 11 is 0. The van der Waals surface area contributed by atoms with Crippen LogP contribution in [0, 0.1) is 0 Å². The van der Waals surface area contributed by atoms with Crippen molar-refractivity contribution in [3.05, 3.63) is 41.2 Å². The second-order valence-corrected chi connectivity index (χ2v) is 2.76. The van der Waals surface area contributed by atoms with E-state index in [1.54, 1.807) is 0 Å². The summed E-state index contributed by atoms with van der Waals surface area (Å²) in [5.74, 6) is 0.846. The highest BCUT2D eigenvalue weighted by Gasteiger charge is 2.11. The smallest absolute Gasteiger partial charge is 0.503 e. The zero-order valence-corrected chi connectivity index (χ0v) is 6.66. The molecule has 12 heavy (non-hydrogen) atoms. The standard InChI is InChI=1S/C9H9BO2/c11-10-12-9-5-7-3-1-2-4-8(7)6-9/h1-5,10-11H,6H2. The maximum absolute atomic E-state index is 8.54. The molecule has 1 aliphatic carbocycles. The average molecular weight is 160 g/mol. The average Bonchev–Trinajstić information content (AvgIpc) is 2.47. The third kappa shape index (κ3) is 1.23. The van der Waals surface area contributed by atoms with Crippen LogP contribution >= 0.6 is 0 Å². The van der Waals surface area contributed by atoms with E-state index in [2.05, 4.69) is 6.07 Å². The van der Waals surface area contributed by atoms with Crippen molar-refractivity contribution in [2.24, 2.45) is 0 Å². The van der Waals surface area contributed by atoms with Crippen LogP contribution in [-0.4, -0.2) is 12.7 Å². The van der Waals surface area contributed by atoms with E-state index in [9.17, 15) is 0 Å². The van der Waals surface area contributed by atoms with E-state index >= 15 is 0 Å². The molecule has 0 spiro atoms. The van der Waals surface area contributed by atoms with Crippen molar-refractivity contribution >= 4 is 13.8 Å². The summed E-state index contributed by atoms with van der Waals surface area (Å²) < 4.78 is 5.00. The molecule has 0 heterocycles. The van der Waals surface area contributed by atoms with E-state index in [-0.39, 0.29) is 7.69 Å². The van der Waals surface area contributed by atoms with E-state index in [1.165, 1.54) is 11.1 Å². The van der Waals surface area contributed by atoms with Gasteiger partial charge >= 0.3 is 7.69 Å². The quantitative estimate of drug-likeness (QED) is 0.650. The monoisotopic (exact) mass is 160 g/mol. The van der Waals surface area contributed by atoms with Gasteiger partial charge in [-0.1, -0.05) is 24.3 Å². The zero-order valence-electron chi connectivity index (χ0n) is 6.66. The fraction of sp³-hybridized carbons (Fsp3) is 0.111. The number of rotatable bonds is 2. The summed E-state index contributed by atoms with van der Waals surface area (Å²) in [5.41, 5.74) is 2.46. The van der Waals surface area contributed by atoms with Crippen LogP contribution < -0.4 is 0 Å². The molecule has 0 amide bonds. The second-order valence-electron chi connectivity index (χ2n) is 2.76. The number of hydrogen-bond acceptors (Lipinski definition) is 2. The van der Waals surface area contributed by atoms with Gasteiger partial charge in [-0.05, 0) is 17.2 Å². The first-order valence-corrected chi connectivity index (χ1v) is 3.92. The highest BCUT2D eigenvalue weighted by molar-refractivity contribution is 6.16. The molecule has 0 saturated carbocycles. The summed E-state index contributed by atoms with van der Waals surface area (Å²) in [7, 11) is -0.236. The molecular weight excluding hydrogens is 151 g/mol. The van der Waals surface area contributed by atoms with Crippen LogP contribution in [0.15, 0.2) is 30.0 Å². The second kappa shape index (κ2) is 3.03. The van der Waals surface area contributed by atoms with Gasteiger partial charge in [-0.3, -0.25) is 0 Å². The van der Waals surface area contributed by atoms with Crippen molar-refractivity contribution in [2.45, 2.75) is 6.42 Å². The number of allylic oxidation sites excluding steroid dienone is 1. The van der Waals surface area contributed by atoms with E-state index in [0.29, 0.717) is 0 Å². The van der Waals surface area contributed by atoms with Gasteiger partial charge in [0, 0.05) is 6.42 Å². The fourth-order valence-corrected chi connectivity index (χ4v) is 1.42. The molecule has 1 aliphatic rings. The van der Waals surface area contributed by atoms with Gasteiger partial charge in [0.1, 0.15) is 0 Å². The van der Waals surface area contributed by atoms with Gasteiger partial charge < -0.3 is 9.68 Å². The summed E-state index contributed by atoms with van der Waals surface area (Å²) in [6, 6.07) is 8.12. The third-order valence-electron chi connectivity index (χ3n) is 1.99. The molecule has 0 unspecified atom stereocenters. The maximum Gasteiger partial charge on any atom is 0.503 e. The van der Waals surface area contributed by atoms with Crippen molar-refractivity contribution in [3.63, 3.8) is 0 Å². The number of fused-ring (bicyclic) bond motifs is 1. The highest BCUT2D eigenvalue weighted by atomic mass is 16.5. The van der Waals surface area contributed by atoms with Crippen LogP contribution in [0.1, 0.15) is 11.1 Å². The van der Waals surface area contributed by atoms with Gasteiger partial charge in [0.2, 0.25) is 0 Å². The minimum absolute atomic E-state index is 0.236. The molecule has 0 atom stereocenters. The third-order valence-corrected chi connectivity index (χ3v) is 1.99. The molecule has 2 rings (SSSR count). The zero-order chi connectivity index (χ0) is 8.39. The Morgan fingerprint density at radius 2 is 2.17 bits per heavy atom. The van der Waals surface area contributed by atoms with Crippen molar-refractivity contribution < 1.29 is 9.68 Å². The Bertz CT molecular complexity index is 320. The van der Waals surface area contributed by atoms with Crippen molar-refractivity contribution in [1.29, 1.82) is 0 Å². The number of benzene rings is 1. The van der Waals surface area contributed by atoms with Crippen molar-refractivity contribution in [1.82, 2.24) is 0 Å². The van der Waals surface area contributed by atoms with Crippen LogP contribution in [0.25, 0.3) is 6.08 Å². The SMILES string of the molecule is OBOC1=Cc2ccccc2C1. The van der Waals surface area contributed by atoms with Gasteiger partial charge in [-0.15, -0.1) is 0 Å². The summed E-state index contributed by atoms with van der Waals surface area (Å²) in [4.78, 5) is 0. The van der Waals surface area contributed by atoms with Crippen LogP contribution in [-0.2, 0) is 11.1 Å². The Kier molecular flexibility index (Phi) is 1.88. The topological polar surface area (TPSA) is 29.5 Å². The highest BCUT2D eigenvalue weighted by Crippen LogP contribution is 2.24. The van der Waals surface area contributed by atoms with Crippen LogP contribution in [0.2, 0.25) is 0 Å². The first-order chi connectivity index (χ1) is 5.90. The lowest BCUT2D eigenvalue weighted by molar-refractivity contribution is 0.367. The largest absolute Gasteiger partial charge is 0.542 e. The van der Waals surface area contributed by atoms with Crippen molar-refractivity contribution in [3.8, 4) is 0 Å². The molecule has 0 radical (unpaired) electrons. The molecule has 1 aromatic rings. The van der Waals surface area contributed by atoms with Crippen LogP contribution in [0.4, 0.5) is 0 Å². The summed E-state index contributed by atoms with van der Waals surface area (Å²) in [6.45, 7) is 0. The van der Waals surface area contributed by atoms with E-state index in [0.717, 1.165) is 12.2 Å². The van der Waals surface area contributed by atoms with E-state index in [1.807, 2.05) is 24.3 Å². The Hall–Kier alpha value is -1.22. The Morgan fingerprint density at radius 3 is 2.92 bits per heavy atom. The van der Waals surface area contributed by atoms with Gasteiger partial charge in [0.05, 0.1) is 5.76 Å². The predicted octanol–water partition coefficient (Wildman–Crippen LogP) is 0.859. The first-order valence-electron chi connectivity index (χ1n) is 3.92. The van der Waals surface area contributed by atoms with Crippen LogP contribution in [0.5, 0.6) is 0 Å². The van der Waals surface area contributed by atoms with Gasteiger partial charge in [0.25, 0.3) is 0 Å². The van der Waals surface area contributed by atoms with Crippen molar-refractivity contribution in [2.75, 3.05) is 0 Å². The van der Waals surface area contributed by atoms with Gasteiger partial charge in [-0.2, -0.15) is 0 Å². The fourth-order valence-electron chi connectivity index (χ4n) is 1.42. The molecule has 2 nitrogen and oxygen atoms in total. The molecule has 1 aromatic carbocycles. The molecule has 0 aliphatic heterocycles. The molecule has 3 heteroatoms. The first kappa shape index (κ1) is 7.43. The summed E-state index contributed by atoms with van der Waals surface area (Å²) in [6.07, 6.45) is 2.77. The maximum atomic E-state index is 8.54. The molecule has 1 N–H and O–H groups in total. The lowest BCUT2D eigenvalue weighted by Gasteiger charge is -2.00. The number of hydrogen-bond donors (Lipinski definition) is 1. The minimum Gasteiger partial charge on any atom is -0.542 e. The normalized spacial score (nSPS) is 13.6. The van der Waals surface area contributed by atoms with E-state index < -0.39 is 0 Å². The molecule has 60 valence electrons. The molecule has 0 bridgehead atoms. The molecule has 0 saturated heterocycles. The Morgan fingerprint density at radius 1 is 1.33 bits per heavy atom. The predicted molar refractivity (Wildman–Crippen MR) is 48.6 cm³/mol. The lowest BCUT2D eigenvalue weighted by Crippen LogP contribution is -1.96. The Labute approximate surface area is 71.8 Å². The molecule has 0 aromatic heterocycles. The molecular formula is C9H9BO2. The lowest BCUT2D eigenvalue weighted by atomic mass is 10.1. The minimum atomic E-state index is -0.236.